The van der Waals surface area contributed by atoms with Gasteiger partial charge in [0.2, 0.25) is 12.1 Å². The molecule has 1 aliphatic rings. The third-order valence-corrected chi connectivity index (χ3v) is 3.01. The lowest BCUT2D eigenvalue weighted by Gasteiger charge is -2.27. The Kier molecular flexibility index (Phi) is 4.36. The molecular formula is C9H14N2O6. The van der Waals surface area contributed by atoms with Gasteiger partial charge in [0.05, 0.1) is 0 Å². The predicted octanol–water partition coefficient (Wildman–Crippen LogP) is 0.640. The van der Waals surface area contributed by atoms with E-state index in [0.29, 0.717) is 19.3 Å². The van der Waals surface area contributed by atoms with Crippen LogP contribution in [0.4, 0.5) is 0 Å². The summed E-state index contributed by atoms with van der Waals surface area (Å²) in [5, 5.41) is 21.6. The number of ether oxygens (including phenoxy) is 1. The Morgan fingerprint density at radius 1 is 1.24 bits per heavy atom. The third kappa shape index (κ3) is 3.36. The maximum absolute atomic E-state index is 10.8. The van der Waals surface area contributed by atoms with Crippen molar-refractivity contribution in [3.63, 3.8) is 0 Å². The molecule has 0 aromatic rings. The fourth-order valence-electron chi connectivity index (χ4n) is 2.18. The maximum atomic E-state index is 10.8. The molecule has 0 bridgehead atoms. The number of rotatable bonds is 4. The van der Waals surface area contributed by atoms with E-state index < -0.39 is 33.8 Å². The van der Waals surface area contributed by atoms with Gasteiger partial charge in [-0.05, 0) is 6.42 Å². The van der Waals surface area contributed by atoms with E-state index >= 15 is 0 Å². The monoisotopic (exact) mass is 246 g/mol. The number of carbonyl (C=O) groups excluding carboxylic acids is 1. The molecular weight excluding hydrogens is 232 g/mol. The molecule has 0 saturated heterocycles. The molecule has 8 nitrogen and oxygen atoms in total. The summed E-state index contributed by atoms with van der Waals surface area (Å²) in [6.45, 7) is 0.914. The minimum Gasteiger partial charge on any atom is -0.465 e. The number of hydrogen-bond donors (Lipinski definition) is 0. The standard InChI is InChI=1S/C9H14N2O6/c1-6(12)17-5-7-8(10(13)14)3-2-4-9(7)11(15)16/h7-9H,2-5H2,1H3. The molecule has 17 heavy (non-hydrogen) atoms. The summed E-state index contributed by atoms with van der Waals surface area (Å²) in [7, 11) is 0. The number of esters is 1. The normalized spacial score (nSPS) is 28.4. The highest BCUT2D eigenvalue weighted by atomic mass is 16.6. The van der Waals surface area contributed by atoms with Gasteiger partial charge in [-0.15, -0.1) is 0 Å². The van der Waals surface area contributed by atoms with Crippen LogP contribution in [-0.4, -0.2) is 34.5 Å². The van der Waals surface area contributed by atoms with Gasteiger partial charge < -0.3 is 4.74 Å². The van der Waals surface area contributed by atoms with Gasteiger partial charge in [-0.1, -0.05) is 0 Å². The van der Waals surface area contributed by atoms with E-state index in [1.165, 1.54) is 6.92 Å². The second-order valence-electron chi connectivity index (χ2n) is 4.10. The third-order valence-electron chi connectivity index (χ3n) is 3.01. The van der Waals surface area contributed by atoms with Crippen molar-refractivity contribution in [1.82, 2.24) is 0 Å². The van der Waals surface area contributed by atoms with E-state index in [1.54, 1.807) is 0 Å². The van der Waals surface area contributed by atoms with E-state index in [1.807, 2.05) is 0 Å². The van der Waals surface area contributed by atoms with E-state index in [4.69, 9.17) is 4.74 Å². The van der Waals surface area contributed by atoms with E-state index in [0.717, 1.165) is 0 Å². The minimum atomic E-state index is -1.00. The van der Waals surface area contributed by atoms with Crippen LogP contribution < -0.4 is 0 Å². The Morgan fingerprint density at radius 2 is 1.71 bits per heavy atom. The molecule has 1 aliphatic carbocycles. The molecule has 2 unspecified atom stereocenters. The van der Waals surface area contributed by atoms with Crippen LogP contribution in [0.2, 0.25) is 0 Å². The zero-order chi connectivity index (χ0) is 13.0. The molecule has 0 aromatic carbocycles. The smallest absolute Gasteiger partial charge is 0.302 e. The topological polar surface area (TPSA) is 113 Å². The molecule has 1 fully saturated rings. The van der Waals surface area contributed by atoms with Crippen LogP contribution in [0.1, 0.15) is 26.2 Å². The molecule has 0 heterocycles. The molecule has 0 radical (unpaired) electrons. The van der Waals surface area contributed by atoms with Gasteiger partial charge in [0.1, 0.15) is 12.5 Å². The molecule has 2 atom stereocenters. The Labute approximate surface area is 97.2 Å². The number of nitrogens with zero attached hydrogens (tertiary/aromatic N) is 2. The van der Waals surface area contributed by atoms with E-state index in [-0.39, 0.29) is 6.61 Å². The SMILES string of the molecule is CC(=O)OCC1C([N+](=O)[O-])CCCC1[N+](=O)[O-]. The first-order valence-corrected chi connectivity index (χ1v) is 5.34. The van der Waals surface area contributed by atoms with Crippen LogP contribution in [0.15, 0.2) is 0 Å². The lowest BCUT2D eigenvalue weighted by Crippen LogP contribution is -2.47. The largest absolute Gasteiger partial charge is 0.465 e. The van der Waals surface area contributed by atoms with Crippen LogP contribution in [0, 0.1) is 26.1 Å². The van der Waals surface area contributed by atoms with Crippen molar-refractivity contribution in [2.75, 3.05) is 6.61 Å². The number of nitro groups is 2. The Bertz CT molecular complexity index is 309. The minimum absolute atomic E-state index is 0.257. The quantitative estimate of drug-likeness (QED) is 0.408. The second-order valence-corrected chi connectivity index (χ2v) is 4.10. The molecule has 0 aromatic heterocycles. The second kappa shape index (κ2) is 5.55. The number of hydrogen-bond acceptors (Lipinski definition) is 6. The average molecular weight is 246 g/mol. The maximum Gasteiger partial charge on any atom is 0.302 e. The fourth-order valence-corrected chi connectivity index (χ4v) is 2.18. The van der Waals surface area contributed by atoms with Crippen molar-refractivity contribution in [2.24, 2.45) is 5.92 Å². The van der Waals surface area contributed by atoms with E-state index in [9.17, 15) is 25.0 Å². The average Bonchev–Trinajstić information content (AvgIpc) is 2.25. The summed E-state index contributed by atoms with van der Waals surface area (Å²) in [4.78, 5) is 31.3. The van der Waals surface area contributed by atoms with E-state index in [2.05, 4.69) is 0 Å². The molecule has 0 spiro atoms. The van der Waals surface area contributed by atoms with Crippen molar-refractivity contribution < 1.29 is 19.4 Å². The van der Waals surface area contributed by atoms with Gasteiger partial charge in [0.25, 0.3) is 0 Å². The lowest BCUT2D eigenvalue weighted by atomic mass is 9.81. The summed E-state index contributed by atoms with van der Waals surface area (Å²) in [5.74, 6) is -1.42. The lowest BCUT2D eigenvalue weighted by molar-refractivity contribution is -0.584. The molecule has 0 N–H and O–H groups in total. The zero-order valence-electron chi connectivity index (χ0n) is 9.40. The fraction of sp³-hybridized carbons (Fsp3) is 0.889. The van der Waals surface area contributed by atoms with Crippen LogP contribution in [0.3, 0.4) is 0 Å². The van der Waals surface area contributed by atoms with Crippen LogP contribution in [-0.2, 0) is 9.53 Å². The molecule has 1 rings (SSSR count). The van der Waals surface area contributed by atoms with Gasteiger partial charge in [-0.25, -0.2) is 0 Å². The predicted molar refractivity (Wildman–Crippen MR) is 55.5 cm³/mol. The first kappa shape index (κ1) is 13.3. The molecule has 8 heteroatoms. The summed E-state index contributed by atoms with van der Waals surface area (Å²) < 4.78 is 4.69. The summed E-state index contributed by atoms with van der Waals surface area (Å²) in [6.07, 6.45) is 1.04. The van der Waals surface area contributed by atoms with Gasteiger partial charge in [-0.3, -0.25) is 25.0 Å². The number of carbonyl (C=O) groups is 1. The molecule has 0 aliphatic heterocycles. The van der Waals surface area contributed by atoms with Crippen LogP contribution in [0.25, 0.3) is 0 Å². The van der Waals surface area contributed by atoms with Gasteiger partial charge in [0, 0.05) is 29.6 Å². The molecule has 96 valence electrons. The van der Waals surface area contributed by atoms with Crippen molar-refractivity contribution in [1.29, 1.82) is 0 Å². The highest BCUT2D eigenvalue weighted by molar-refractivity contribution is 5.65. The van der Waals surface area contributed by atoms with Gasteiger partial charge >= 0.3 is 5.97 Å². The Hall–Kier alpha value is -1.73. The zero-order valence-corrected chi connectivity index (χ0v) is 9.40. The van der Waals surface area contributed by atoms with Crippen molar-refractivity contribution in [3.8, 4) is 0 Å². The summed E-state index contributed by atoms with van der Waals surface area (Å²) in [5.41, 5.74) is 0. The Morgan fingerprint density at radius 3 is 2.06 bits per heavy atom. The highest BCUT2D eigenvalue weighted by Crippen LogP contribution is 2.29. The van der Waals surface area contributed by atoms with Crippen LogP contribution in [0.5, 0.6) is 0 Å². The van der Waals surface area contributed by atoms with Crippen molar-refractivity contribution in [2.45, 2.75) is 38.3 Å². The van der Waals surface area contributed by atoms with Gasteiger partial charge in [-0.2, -0.15) is 0 Å². The molecule has 1 saturated carbocycles. The summed E-state index contributed by atoms with van der Waals surface area (Å²) in [6, 6.07) is -2.00. The molecule has 0 amide bonds. The summed E-state index contributed by atoms with van der Waals surface area (Å²) >= 11 is 0. The van der Waals surface area contributed by atoms with Crippen molar-refractivity contribution >= 4 is 5.97 Å². The van der Waals surface area contributed by atoms with Crippen molar-refractivity contribution in [3.05, 3.63) is 20.2 Å². The Balaban J connectivity index is 2.79. The van der Waals surface area contributed by atoms with Gasteiger partial charge in [0.15, 0.2) is 0 Å². The first-order chi connectivity index (χ1) is 7.93. The highest BCUT2D eigenvalue weighted by Gasteiger charge is 2.47. The first-order valence-electron chi connectivity index (χ1n) is 5.34. The van der Waals surface area contributed by atoms with Crippen LogP contribution >= 0.6 is 0 Å².